The summed E-state index contributed by atoms with van der Waals surface area (Å²) in [4.78, 5) is 4.31. The van der Waals surface area contributed by atoms with Crippen molar-refractivity contribution in [2.75, 3.05) is 0 Å². The lowest BCUT2D eigenvalue weighted by Crippen LogP contribution is -2.12. The van der Waals surface area contributed by atoms with Gasteiger partial charge in [-0.2, -0.15) is 11.3 Å². The molecular formula is C15H13ClF2N2S. The number of nitrogens with zero attached hydrogens (tertiary/aromatic N) is 2. The van der Waals surface area contributed by atoms with Crippen molar-refractivity contribution in [3.05, 3.63) is 52.0 Å². The summed E-state index contributed by atoms with van der Waals surface area (Å²) in [5.74, 6) is -1.02. The van der Waals surface area contributed by atoms with Crippen molar-refractivity contribution < 1.29 is 8.78 Å². The second-order valence-electron chi connectivity index (χ2n) is 4.95. The zero-order valence-corrected chi connectivity index (χ0v) is 12.9. The Morgan fingerprint density at radius 2 is 2.14 bits per heavy atom. The van der Waals surface area contributed by atoms with Crippen LogP contribution in [-0.2, 0) is 12.3 Å². The predicted molar refractivity (Wildman–Crippen MR) is 81.9 cm³/mol. The standard InChI is InChI=1S/C15H13ClF2N2S/c1-9(6-10-4-5-21-8-10)20-13(7-16)19-12-3-2-11(17)14(18)15(12)20/h2-5,8-9H,6-7H2,1H3. The molecule has 0 saturated carbocycles. The zero-order chi connectivity index (χ0) is 15.0. The molecule has 3 aromatic rings. The second-order valence-corrected chi connectivity index (χ2v) is 5.99. The van der Waals surface area contributed by atoms with E-state index in [4.69, 9.17) is 11.6 Å². The van der Waals surface area contributed by atoms with Gasteiger partial charge in [0.1, 0.15) is 11.3 Å². The van der Waals surface area contributed by atoms with E-state index < -0.39 is 11.6 Å². The van der Waals surface area contributed by atoms with E-state index in [9.17, 15) is 8.78 Å². The molecule has 2 aromatic heterocycles. The molecule has 0 saturated heterocycles. The number of benzene rings is 1. The lowest BCUT2D eigenvalue weighted by Gasteiger charge is -2.16. The molecule has 3 rings (SSSR count). The summed E-state index contributed by atoms with van der Waals surface area (Å²) in [6.45, 7) is 1.96. The van der Waals surface area contributed by atoms with Crippen LogP contribution in [0.5, 0.6) is 0 Å². The first-order chi connectivity index (χ1) is 10.1. The minimum Gasteiger partial charge on any atom is -0.321 e. The summed E-state index contributed by atoms with van der Waals surface area (Å²) in [7, 11) is 0. The Kier molecular flexibility index (Phi) is 3.95. The van der Waals surface area contributed by atoms with Crippen molar-refractivity contribution in [1.29, 1.82) is 0 Å². The lowest BCUT2D eigenvalue weighted by atomic mass is 10.1. The average molecular weight is 327 g/mol. The summed E-state index contributed by atoms with van der Waals surface area (Å²) >= 11 is 7.54. The largest absolute Gasteiger partial charge is 0.321 e. The first-order valence-corrected chi connectivity index (χ1v) is 8.01. The molecule has 1 unspecified atom stereocenters. The lowest BCUT2D eigenvalue weighted by molar-refractivity contribution is 0.496. The van der Waals surface area contributed by atoms with Crippen LogP contribution in [0.15, 0.2) is 29.0 Å². The second kappa shape index (κ2) is 5.73. The molecule has 0 amide bonds. The van der Waals surface area contributed by atoms with Gasteiger partial charge in [-0.05, 0) is 47.9 Å². The van der Waals surface area contributed by atoms with Crippen LogP contribution < -0.4 is 0 Å². The molecular weight excluding hydrogens is 314 g/mol. The van der Waals surface area contributed by atoms with Crippen LogP contribution in [0.2, 0.25) is 0 Å². The first-order valence-electron chi connectivity index (χ1n) is 6.53. The minimum absolute atomic E-state index is 0.0605. The Labute approximate surface area is 130 Å². The highest BCUT2D eigenvalue weighted by Gasteiger charge is 2.20. The normalized spacial score (nSPS) is 13.0. The number of imidazole rings is 1. The molecule has 0 N–H and O–H groups in total. The molecule has 0 aliphatic rings. The molecule has 6 heteroatoms. The molecule has 0 aliphatic heterocycles. The number of alkyl halides is 1. The van der Waals surface area contributed by atoms with Crippen LogP contribution in [0.1, 0.15) is 24.4 Å². The fraction of sp³-hybridized carbons (Fsp3) is 0.267. The smallest absolute Gasteiger partial charge is 0.184 e. The summed E-state index contributed by atoms with van der Waals surface area (Å²) in [5, 5.41) is 4.05. The number of hydrogen-bond acceptors (Lipinski definition) is 2. The van der Waals surface area contributed by atoms with Gasteiger partial charge in [-0.1, -0.05) is 0 Å². The van der Waals surface area contributed by atoms with Crippen LogP contribution in [0.3, 0.4) is 0 Å². The highest BCUT2D eigenvalue weighted by Crippen LogP contribution is 2.28. The fourth-order valence-corrected chi connectivity index (χ4v) is 3.45. The molecule has 2 nitrogen and oxygen atoms in total. The predicted octanol–water partition coefficient (Wildman–Crippen LogP) is 4.92. The highest BCUT2D eigenvalue weighted by atomic mass is 35.5. The molecule has 0 aliphatic carbocycles. The van der Waals surface area contributed by atoms with E-state index in [1.807, 2.05) is 23.8 Å². The fourth-order valence-electron chi connectivity index (χ4n) is 2.58. The van der Waals surface area contributed by atoms with E-state index in [1.54, 1.807) is 15.9 Å². The van der Waals surface area contributed by atoms with Crippen molar-refractivity contribution in [2.45, 2.75) is 25.3 Å². The van der Waals surface area contributed by atoms with Crippen molar-refractivity contribution in [2.24, 2.45) is 0 Å². The molecule has 1 aromatic carbocycles. The Morgan fingerprint density at radius 1 is 1.33 bits per heavy atom. The third-order valence-electron chi connectivity index (χ3n) is 3.49. The van der Waals surface area contributed by atoms with Crippen molar-refractivity contribution in [3.63, 3.8) is 0 Å². The van der Waals surface area contributed by atoms with Gasteiger partial charge in [-0.25, -0.2) is 13.8 Å². The molecule has 0 radical (unpaired) electrons. The Morgan fingerprint density at radius 3 is 2.81 bits per heavy atom. The summed E-state index contributed by atoms with van der Waals surface area (Å²) in [5.41, 5.74) is 1.78. The topological polar surface area (TPSA) is 17.8 Å². The molecule has 110 valence electrons. The van der Waals surface area contributed by atoms with Crippen molar-refractivity contribution >= 4 is 34.0 Å². The van der Waals surface area contributed by atoms with Gasteiger partial charge < -0.3 is 4.57 Å². The van der Waals surface area contributed by atoms with Gasteiger partial charge in [0.15, 0.2) is 11.6 Å². The molecule has 1 atom stereocenters. The summed E-state index contributed by atoms with van der Waals surface area (Å²) in [6.07, 6.45) is 0.717. The van der Waals surface area contributed by atoms with Gasteiger partial charge in [-0.15, -0.1) is 11.6 Å². The van der Waals surface area contributed by atoms with Gasteiger partial charge in [0.2, 0.25) is 0 Å². The first kappa shape index (κ1) is 14.5. The van der Waals surface area contributed by atoms with Crippen LogP contribution >= 0.6 is 22.9 Å². The van der Waals surface area contributed by atoms with E-state index in [2.05, 4.69) is 4.98 Å². The van der Waals surface area contributed by atoms with Crippen molar-refractivity contribution in [3.8, 4) is 0 Å². The van der Waals surface area contributed by atoms with E-state index in [0.29, 0.717) is 11.3 Å². The Balaban J connectivity index is 2.13. The van der Waals surface area contributed by atoms with Crippen LogP contribution in [0.4, 0.5) is 8.78 Å². The van der Waals surface area contributed by atoms with Crippen LogP contribution in [-0.4, -0.2) is 9.55 Å². The number of fused-ring (bicyclic) bond motifs is 1. The summed E-state index contributed by atoms with van der Waals surface area (Å²) in [6, 6.07) is 4.54. The van der Waals surface area contributed by atoms with Crippen molar-refractivity contribution in [1.82, 2.24) is 9.55 Å². The summed E-state index contributed by atoms with van der Waals surface area (Å²) < 4.78 is 29.4. The third-order valence-corrected chi connectivity index (χ3v) is 4.46. The minimum atomic E-state index is -0.868. The number of aromatic nitrogens is 2. The highest BCUT2D eigenvalue weighted by molar-refractivity contribution is 7.07. The van der Waals surface area contributed by atoms with Gasteiger partial charge in [0.05, 0.1) is 11.4 Å². The monoisotopic (exact) mass is 326 g/mol. The number of rotatable bonds is 4. The van der Waals surface area contributed by atoms with Gasteiger partial charge in [-0.3, -0.25) is 0 Å². The van der Waals surface area contributed by atoms with Gasteiger partial charge >= 0.3 is 0 Å². The van der Waals surface area contributed by atoms with Crippen LogP contribution in [0, 0.1) is 11.6 Å². The third kappa shape index (κ3) is 2.56. The van der Waals surface area contributed by atoms with E-state index >= 15 is 0 Å². The van der Waals surface area contributed by atoms with E-state index in [0.717, 1.165) is 18.1 Å². The SMILES string of the molecule is CC(Cc1ccsc1)n1c(CCl)nc2ccc(F)c(F)c21. The molecule has 0 spiro atoms. The van der Waals surface area contributed by atoms with E-state index in [1.165, 1.54) is 6.07 Å². The molecule has 0 fully saturated rings. The van der Waals surface area contributed by atoms with Gasteiger partial charge in [0, 0.05) is 6.04 Å². The zero-order valence-electron chi connectivity index (χ0n) is 11.3. The molecule has 2 heterocycles. The maximum absolute atomic E-state index is 14.2. The molecule has 21 heavy (non-hydrogen) atoms. The maximum Gasteiger partial charge on any atom is 0.184 e. The quantitative estimate of drug-likeness (QED) is 0.622. The Hall–Kier alpha value is -1.46. The maximum atomic E-state index is 14.2. The van der Waals surface area contributed by atoms with E-state index in [-0.39, 0.29) is 17.4 Å². The molecule has 0 bridgehead atoms. The number of hydrogen-bond donors (Lipinski definition) is 0. The Bertz CT molecular complexity index is 768. The van der Waals surface area contributed by atoms with Gasteiger partial charge in [0.25, 0.3) is 0 Å². The average Bonchev–Trinajstić information content (AvgIpc) is 3.09. The number of thiophene rings is 1. The van der Waals surface area contributed by atoms with Crippen LogP contribution in [0.25, 0.3) is 11.0 Å². The number of halogens is 3.